The molecule has 2 unspecified atom stereocenters. The highest BCUT2D eigenvalue weighted by Crippen LogP contribution is 2.26. The molecule has 110 valence electrons. The summed E-state index contributed by atoms with van der Waals surface area (Å²) in [6, 6.07) is 8.22. The first-order valence-corrected chi connectivity index (χ1v) is 7.46. The molecule has 3 nitrogen and oxygen atoms in total. The molecule has 0 aliphatic carbocycles. The highest BCUT2D eigenvalue weighted by Gasteiger charge is 2.27. The van der Waals surface area contributed by atoms with Crippen LogP contribution in [-0.4, -0.2) is 19.0 Å². The fourth-order valence-corrected chi connectivity index (χ4v) is 2.41. The average Bonchev–Trinajstić information content (AvgIpc) is 2.42. The van der Waals surface area contributed by atoms with Crippen LogP contribution in [0.4, 0.5) is 0 Å². The van der Waals surface area contributed by atoms with Crippen LogP contribution in [0.25, 0.3) is 0 Å². The first-order valence-electron chi connectivity index (χ1n) is 7.46. The van der Waals surface area contributed by atoms with Crippen LogP contribution >= 0.6 is 0 Å². The Kier molecular flexibility index (Phi) is 4.48. The van der Waals surface area contributed by atoms with Crippen molar-refractivity contribution in [2.75, 3.05) is 13.1 Å². The molecule has 0 radical (unpaired) electrons. The van der Waals surface area contributed by atoms with Crippen molar-refractivity contribution < 1.29 is 4.79 Å². The molecule has 1 aromatic carbocycles. The fourth-order valence-electron chi connectivity index (χ4n) is 2.41. The molecule has 1 aromatic rings. The van der Waals surface area contributed by atoms with Crippen LogP contribution < -0.4 is 10.6 Å². The van der Waals surface area contributed by atoms with Gasteiger partial charge in [-0.2, -0.15) is 0 Å². The summed E-state index contributed by atoms with van der Waals surface area (Å²) >= 11 is 0. The molecule has 0 spiro atoms. The standard InChI is InChI=1S/C17H26N2O/c1-12(17(2,3)4)9-19-16(20)15-11-18-10-13-7-5-6-8-14(13)15/h5-8,12,15,18H,9-11H2,1-4H3,(H,19,20). The fraction of sp³-hybridized carbons (Fsp3) is 0.588. The second-order valence-corrected chi connectivity index (χ2v) is 6.89. The summed E-state index contributed by atoms with van der Waals surface area (Å²) in [5.74, 6) is 0.533. The molecular formula is C17H26N2O. The van der Waals surface area contributed by atoms with Crippen molar-refractivity contribution in [3.8, 4) is 0 Å². The third-order valence-corrected chi connectivity index (χ3v) is 4.47. The van der Waals surface area contributed by atoms with Crippen molar-refractivity contribution in [2.24, 2.45) is 11.3 Å². The smallest absolute Gasteiger partial charge is 0.228 e. The summed E-state index contributed by atoms with van der Waals surface area (Å²) in [5, 5.41) is 6.45. The first-order chi connectivity index (χ1) is 9.39. The number of carbonyl (C=O) groups is 1. The van der Waals surface area contributed by atoms with Crippen LogP contribution in [0.1, 0.15) is 44.7 Å². The van der Waals surface area contributed by atoms with E-state index in [1.165, 1.54) is 11.1 Å². The Hall–Kier alpha value is -1.35. The predicted octanol–water partition coefficient (Wildman–Crippen LogP) is 2.67. The van der Waals surface area contributed by atoms with E-state index >= 15 is 0 Å². The van der Waals surface area contributed by atoms with Gasteiger partial charge in [0.05, 0.1) is 5.92 Å². The van der Waals surface area contributed by atoms with Crippen molar-refractivity contribution in [1.82, 2.24) is 10.6 Å². The Labute approximate surface area is 122 Å². The number of carbonyl (C=O) groups excluding carboxylic acids is 1. The van der Waals surface area contributed by atoms with E-state index in [2.05, 4.69) is 50.5 Å². The third kappa shape index (κ3) is 3.40. The first kappa shape index (κ1) is 15.0. The van der Waals surface area contributed by atoms with Crippen LogP contribution in [0.15, 0.2) is 24.3 Å². The van der Waals surface area contributed by atoms with E-state index in [4.69, 9.17) is 0 Å². The van der Waals surface area contributed by atoms with Crippen LogP contribution in [-0.2, 0) is 11.3 Å². The molecule has 1 heterocycles. The van der Waals surface area contributed by atoms with Crippen LogP contribution in [0.2, 0.25) is 0 Å². The largest absolute Gasteiger partial charge is 0.355 e. The summed E-state index contributed by atoms with van der Waals surface area (Å²) in [6.07, 6.45) is 0. The van der Waals surface area contributed by atoms with Gasteiger partial charge in [-0.05, 0) is 22.5 Å². The Morgan fingerprint density at radius 1 is 1.40 bits per heavy atom. The van der Waals surface area contributed by atoms with Gasteiger partial charge < -0.3 is 10.6 Å². The zero-order valence-corrected chi connectivity index (χ0v) is 13.0. The van der Waals surface area contributed by atoms with Crippen LogP contribution in [0.5, 0.6) is 0 Å². The molecule has 1 aliphatic rings. The van der Waals surface area contributed by atoms with Gasteiger partial charge in [-0.3, -0.25) is 4.79 Å². The topological polar surface area (TPSA) is 41.1 Å². The number of amides is 1. The van der Waals surface area contributed by atoms with Gasteiger partial charge in [-0.1, -0.05) is 52.0 Å². The second-order valence-electron chi connectivity index (χ2n) is 6.89. The molecule has 0 saturated carbocycles. The lowest BCUT2D eigenvalue weighted by Gasteiger charge is -2.29. The van der Waals surface area contributed by atoms with Gasteiger partial charge in [-0.15, -0.1) is 0 Å². The monoisotopic (exact) mass is 274 g/mol. The maximum atomic E-state index is 12.4. The SMILES string of the molecule is CC(CNC(=O)C1CNCc2ccccc21)C(C)(C)C. The van der Waals surface area contributed by atoms with Gasteiger partial charge >= 0.3 is 0 Å². The van der Waals surface area contributed by atoms with Crippen molar-refractivity contribution in [3.63, 3.8) is 0 Å². The van der Waals surface area contributed by atoms with E-state index in [1.807, 2.05) is 12.1 Å². The Balaban J connectivity index is 2.01. The normalized spacial score (nSPS) is 20.1. The Morgan fingerprint density at radius 3 is 2.80 bits per heavy atom. The minimum absolute atomic E-state index is 0.0629. The number of nitrogens with one attached hydrogen (secondary N) is 2. The zero-order valence-electron chi connectivity index (χ0n) is 13.0. The molecular weight excluding hydrogens is 248 g/mol. The number of rotatable bonds is 3. The van der Waals surface area contributed by atoms with Gasteiger partial charge in [0.15, 0.2) is 0 Å². The highest BCUT2D eigenvalue weighted by molar-refractivity contribution is 5.84. The summed E-state index contributed by atoms with van der Waals surface area (Å²) in [6.45, 7) is 11.1. The maximum absolute atomic E-state index is 12.4. The third-order valence-electron chi connectivity index (χ3n) is 4.47. The second kappa shape index (κ2) is 5.96. The summed E-state index contributed by atoms with van der Waals surface area (Å²) < 4.78 is 0. The Morgan fingerprint density at radius 2 is 2.10 bits per heavy atom. The average molecular weight is 274 g/mol. The minimum Gasteiger partial charge on any atom is -0.355 e. The van der Waals surface area contributed by atoms with Gasteiger partial charge in [0, 0.05) is 19.6 Å². The molecule has 2 N–H and O–H groups in total. The number of benzene rings is 1. The highest BCUT2D eigenvalue weighted by atomic mass is 16.1. The molecule has 20 heavy (non-hydrogen) atoms. The van der Waals surface area contributed by atoms with E-state index in [0.29, 0.717) is 5.92 Å². The summed E-state index contributed by atoms with van der Waals surface area (Å²) in [5.41, 5.74) is 2.63. The van der Waals surface area contributed by atoms with E-state index in [0.717, 1.165) is 19.6 Å². The number of fused-ring (bicyclic) bond motifs is 1. The van der Waals surface area contributed by atoms with Crippen molar-refractivity contribution in [2.45, 2.75) is 40.2 Å². The lowest BCUT2D eigenvalue weighted by molar-refractivity contribution is -0.122. The minimum atomic E-state index is -0.0629. The van der Waals surface area contributed by atoms with Crippen molar-refractivity contribution >= 4 is 5.91 Å². The predicted molar refractivity (Wildman–Crippen MR) is 82.5 cm³/mol. The van der Waals surface area contributed by atoms with E-state index in [1.54, 1.807) is 0 Å². The van der Waals surface area contributed by atoms with E-state index in [9.17, 15) is 4.79 Å². The lowest BCUT2D eigenvalue weighted by Crippen LogP contribution is -2.41. The molecule has 2 atom stereocenters. The van der Waals surface area contributed by atoms with Gasteiger partial charge in [0.1, 0.15) is 0 Å². The molecule has 0 bridgehead atoms. The van der Waals surface area contributed by atoms with Crippen molar-refractivity contribution in [1.29, 1.82) is 0 Å². The quantitative estimate of drug-likeness (QED) is 0.889. The molecule has 0 aromatic heterocycles. The molecule has 0 saturated heterocycles. The number of hydrogen-bond donors (Lipinski definition) is 2. The van der Waals surface area contributed by atoms with Crippen LogP contribution in [0, 0.1) is 11.3 Å². The van der Waals surface area contributed by atoms with Crippen LogP contribution in [0.3, 0.4) is 0 Å². The lowest BCUT2D eigenvalue weighted by atomic mass is 9.82. The molecule has 1 amide bonds. The molecule has 1 aliphatic heterocycles. The molecule has 3 heteroatoms. The van der Waals surface area contributed by atoms with Gasteiger partial charge in [0.25, 0.3) is 0 Å². The Bertz CT molecular complexity index is 476. The summed E-state index contributed by atoms with van der Waals surface area (Å²) in [4.78, 5) is 12.4. The molecule has 0 fully saturated rings. The number of hydrogen-bond acceptors (Lipinski definition) is 2. The van der Waals surface area contributed by atoms with E-state index < -0.39 is 0 Å². The van der Waals surface area contributed by atoms with Gasteiger partial charge in [0.2, 0.25) is 5.91 Å². The van der Waals surface area contributed by atoms with Gasteiger partial charge in [-0.25, -0.2) is 0 Å². The molecule has 2 rings (SSSR count). The maximum Gasteiger partial charge on any atom is 0.228 e. The van der Waals surface area contributed by atoms with Crippen molar-refractivity contribution in [3.05, 3.63) is 35.4 Å². The van der Waals surface area contributed by atoms with E-state index in [-0.39, 0.29) is 17.2 Å². The summed E-state index contributed by atoms with van der Waals surface area (Å²) in [7, 11) is 0. The zero-order chi connectivity index (χ0) is 14.8.